The number of benzene rings is 1. The molecule has 0 saturated heterocycles. The van der Waals surface area contributed by atoms with Crippen molar-refractivity contribution in [1.29, 1.82) is 0 Å². The first kappa shape index (κ1) is 15.7. The molecule has 0 fully saturated rings. The van der Waals surface area contributed by atoms with Crippen LogP contribution < -0.4 is 10.2 Å². The zero-order chi connectivity index (χ0) is 14.4. The number of halogens is 1. The van der Waals surface area contributed by atoms with E-state index in [1.165, 1.54) is 0 Å². The lowest BCUT2D eigenvalue weighted by atomic mass is 10.2. The largest absolute Gasteiger partial charge is 0.481 e. The van der Waals surface area contributed by atoms with Crippen LogP contribution in [0, 0.1) is 0 Å². The van der Waals surface area contributed by atoms with Crippen LogP contribution in [0.5, 0.6) is 0 Å². The van der Waals surface area contributed by atoms with Crippen LogP contribution in [0.4, 0.5) is 11.4 Å². The molecule has 7 heteroatoms. The second-order valence-electron chi connectivity index (χ2n) is 3.97. The molecular weight excluding hydrogens is 288 g/mol. The fraction of sp³-hybridized carbons (Fsp3) is 0.333. The first-order valence-electron chi connectivity index (χ1n) is 5.47. The van der Waals surface area contributed by atoms with Crippen LogP contribution in [0.15, 0.2) is 18.2 Å². The van der Waals surface area contributed by atoms with Gasteiger partial charge >= 0.3 is 5.97 Å². The van der Waals surface area contributed by atoms with E-state index >= 15 is 0 Å². The minimum Gasteiger partial charge on any atom is -0.481 e. The number of amides is 1. The number of aliphatic carboxylic acids is 1. The minimum absolute atomic E-state index is 0.0890. The molecule has 0 radical (unpaired) electrons. The van der Waals surface area contributed by atoms with E-state index in [9.17, 15) is 9.59 Å². The van der Waals surface area contributed by atoms with E-state index in [1.807, 2.05) is 19.0 Å². The van der Waals surface area contributed by atoms with Crippen molar-refractivity contribution >= 4 is 46.6 Å². The Morgan fingerprint density at radius 2 is 2.05 bits per heavy atom. The Morgan fingerprint density at radius 1 is 1.37 bits per heavy atom. The number of carboxylic acids is 1. The Balaban J connectivity index is 2.69. The molecule has 0 bridgehead atoms. The van der Waals surface area contributed by atoms with Crippen molar-refractivity contribution in [3.05, 3.63) is 23.2 Å². The molecule has 0 aliphatic heterocycles. The number of anilines is 2. The summed E-state index contributed by atoms with van der Waals surface area (Å²) < 4.78 is 0. The van der Waals surface area contributed by atoms with Crippen LogP contribution in [0.1, 0.15) is 0 Å². The first-order chi connectivity index (χ1) is 8.91. The molecule has 0 spiro atoms. The van der Waals surface area contributed by atoms with Crippen molar-refractivity contribution in [2.24, 2.45) is 0 Å². The maximum absolute atomic E-state index is 11.7. The number of para-hydroxylation sites is 1. The normalized spacial score (nSPS) is 10.1. The monoisotopic (exact) mass is 302 g/mol. The topological polar surface area (TPSA) is 69.6 Å². The van der Waals surface area contributed by atoms with Crippen LogP contribution in [0.2, 0.25) is 5.02 Å². The van der Waals surface area contributed by atoms with Gasteiger partial charge in [-0.1, -0.05) is 17.7 Å². The third-order valence-corrected chi connectivity index (χ3v) is 3.39. The maximum Gasteiger partial charge on any atom is 0.313 e. The van der Waals surface area contributed by atoms with E-state index in [2.05, 4.69) is 5.32 Å². The van der Waals surface area contributed by atoms with Gasteiger partial charge in [0.05, 0.1) is 27.9 Å². The summed E-state index contributed by atoms with van der Waals surface area (Å²) in [5.74, 6) is -1.19. The van der Waals surface area contributed by atoms with E-state index in [1.54, 1.807) is 18.2 Å². The van der Waals surface area contributed by atoms with E-state index in [4.69, 9.17) is 16.7 Å². The van der Waals surface area contributed by atoms with Gasteiger partial charge in [0.1, 0.15) is 0 Å². The van der Waals surface area contributed by atoms with Crippen molar-refractivity contribution in [2.75, 3.05) is 35.8 Å². The van der Waals surface area contributed by atoms with E-state index in [0.717, 1.165) is 17.4 Å². The Kier molecular flexibility index (Phi) is 5.98. The zero-order valence-corrected chi connectivity index (χ0v) is 12.2. The summed E-state index contributed by atoms with van der Waals surface area (Å²) in [5, 5.41) is 11.8. The number of rotatable bonds is 6. The molecule has 0 saturated carbocycles. The average Bonchev–Trinajstić information content (AvgIpc) is 2.27. The van der Waals surface area contributed by atoms with Gasteiger partial charge in [-0.05, 0) is 12.1 Å². The fourth-order valence-electron chi connectivity index (χ4n) is 1.49. The van der Waals surface area contributed by atoms with Gasteiger partial charge in [-0.3, -0.25) is 9.59 Å². The highest BCUT2D eigenvalue weighted by Gasteiger charge is 2.12. The van der Waals surface area contributed by atoms with Crippen molar-refractivity contribution in [1.82, 2.24) is 0 Å². The van der Waals surface area contributed by atoms with Crippen LogP contribution >= 0.6 is 23.4 Å². The number of carbonyl (C=O) groups is 2. The van der Waals surface area contributed by atoms with Gasteiger partial charge < -0.3 is 15.3 Å². The van der Waals surface area contributed by atoms with Gasteiger partial charge in [0.25, 0.3) is 0 Å². The van der Waals surface area contributed by atoms with Crippen LogP contribution in [0.25, 0.3) is 0 Å². The molecule has 1 rings (SSSR count). The number of hydrogen-bond acceptors (Lipinski definition) is 4. The number of carbonyl (C=O) groups excluding carboxylic acids is 1. The molecule has 2 N–H and O–H groups in total. The molecule has 0 aromatic heterocycles. The van der Waals surface area contributed by atoms with Crippen molar-refractivity contribution < 1.29 is 14.7 Å². The number of nitrogens with one attached hydrogen (secondary N) is 1. The molecule has 19 heavy (non-hydrogen) atoms. The fourth-order valence-corrected chi connectivity index (χ4v) is 2.37. The summed E-state index contributed by atoms with van der Waals surface area (Å²) in [6, 6.07) is 5.24. The Labute approximate surface area is 120 Å². The third kappa shape index (κ3) is 5.00. The van der Waals surface area contributed by atoms with Gasteiger partial charge in [0.2, 0.25) is 5.91 Å². The highest BCUT2D eigenvalue weighted by Crippen LogP contribution is 2.32. The number of carboxylic acid groups (broad SMARTS) is 1. The molecule has 0 unspecified atom stereocenters. The highest BCUT2D eigenvalue weighted by molar-refractivity contribution is 8.00. The summed E-state index contributed by atoms with van der Waals surface area (Å²) in [6.45, 7) is 0. The quantitative estimate of drug-likeness (QED) is 0.843. The SMILES string of the molecule is CN(C)c1c(Cl)cccc1NC(=O)CSCC(=O)O. The molecule has 1 aromatic carbocycles. The number of nitrogens with zero attached hydrogens (tertiary/aromatic N) is 1. The lowest BCUT2D eigenvalue weighted by Crippen LogP contribution is -2.19. The Bertz CT molecular complexity index is 480. The smallest absolute Gasteiger partial charge is 0.313 e. The van der Waals surface area contributed by atoms with Crippen LogP contribution in [-0.4, -0.2) is 42.6 Å². The lowest BCUT2D eigenvalue weighted by molar-refractivity contribution is -0.133. The molecule has 1 amide bonds. The zero-order valence-electron chi connectivity index (χ0n) is 10.6. The molecule has 1 aromatic rings. The second-order valence-corrected chi connectivity index (χ2v) is 5.36. The molecular formula is C12H15ClN2O3S. The van der Waals surface area contributed by atoms with Crippen LogP contribution in [0.3, 0.4) is 0 Å². The van der Waals surface area contributed by atoms with Gasteiger partial charge in [-0.2, -0.15) is 0 Å². The molecule has 104 valence electrons. The van der Waals surface area contributed by atoms with Gasteiger partial charge in [-0.25, -0.2) is 0 Å². The second kappa shape index (κ2) is 7.25. The Hall–Kier alpha value is -1.40. The molecule has 0 aliphatic rings. The Morgan fingerprint density at radius 3 is 2.63 bits per heavy atom. The van der Waals surface area contributed by atoms with Crippen molar-refractivity contribution in [2.45, 2.75) is 0 Å². The molecule has 5 nitrogen and oxygen atoms in total. The van der Waals surface area contributed by atoms with E-state index in [0.29, 0.717) is 10.7 Å². The van der Waals surface area contributed by atoms with Gasteiger partial charge in [-0.15, -0.1) is 11.8 Å². The van der Waals surface area contributed by atoms with E-state index in [-0.39, 0.29) is 17.4 Å². The molecule has 0 atom stereocenters. The highest BCUT2D eigenvalue weighted by atomic mass is 35.5. The minimum atomic E-state index is -0.936. The molecule has 0 heterocycles. The predicted molar refractivity (Wildman–Crippen MR) is 79.4 cm³/mol. The summed E-state index contributed by atoms with van der Waals surface area (Å²) in [6.07, 6.45) is 0. The maximum atomic E-state index is 11.7. The van der Waals surface area contributed by atoms with Gasteiger partial charge in [0, 0.05) is 14.1 Å². The van der Waals surface area contributed by atoms with Crippen molar-refractivity contribution in [3.63, 3.8) is 0 Å². The number of thioether (sulfide) groups is 1. The lowest BCUT2D eigenvalue weighted by Gasteiger charge is -2.19. The summed E-state index contributed by atoms with van der Waals surface area (Å²) >= 11 is 7.13. The standard InChI is InChI=1S/C12H15ClN2O3S/c1-15(2)12-8(13)4-3-5-9(12)14-10(16)6-19-7-11(17)18/h3-5H,6-7H2,1-2H3,(H,14,16)(H,17,18). The summed E-state index contributed by atoms with van der Waals surface area (Å²) in [5.41, 5.74) is 1.33. The third-order valence-electron chi connectivity index (χ3n) is 2.17. The van der Waals surface area contributed by atoms with Gasteiger partial charge in [0.15, 0.2) is 0 Å². The van der Waals surface area contributed by atoms with Crippen LogP contribution in [-0.2, 0) is 9.59 Å². The first-order valence-corrected chi connectivity index (χ1v) is 7.00. The van der Waals surface area contributed by atoms with Crippen molar-refractivity contribution in [3.8, 4) is 0 Å². The van der Waals surface area contributed by atoms with E-state index < -0.39 is 5.97 Å². The average molecular weight is 303 g/mol. The summed E-state index contributed by atoms with van der Waals surface area (Å²) in [4.78, 5) is 23.9. The molecule has 0 aliphatic carbocycles. The number of hydrogen-bond donors (Lipinski definition) is 2. The predicted octanol–water partition coefficient (Wildman–Crippen LogP) is 2.16. The summed E-state index contributed by atoms with van der Waals surface area (Å²) in [7, 11) is 3.66.